The van der Waals surface area contributed by atoms with Crippen LogP contribution in [-0.4, -0.2) is 44.4 Å². The second-order valence-electron chi connectivity index (χ2n) is 6.34. The number of carbonyl (C=O) groups is 1. The van der Waals surface area contributed by atoms with Gasteiger partial charge in [0, 0.05) is 42.6 Å². The highest BCUT2D eigenvalue weighted by Gasteiger charge is 2.12. The van der Waals surface area contributed by atoms with E-state index >= 15 is 0 Å². The number of hydrogen-bond acceptors (Lipinski definition) is 5. The third-order valence-corrected chi connectivity index (χ3v) is 4.53. The number of pyridine rings is 1. The van der Waals surface area contributed by atoms with Gasteiger partial charge in [0.05, 0.1) is 12.7 Å². The molecule has 0 saturated carbocycles. The van der Waals surface area contributed by atoms with E-state index in [-0.39, 0.29) is 17.4 Å². The molecular formula is C19H20ClFN6O. The molecule has 1 amide bonds. The van der Waals surface area contributed by atoms with Crippen molar-refractivity contribution in [3.05, 3.63) is 76.6 Å². The Morgan fingerprint density at radius 2 is 2.07 bits per heavy atom. The lowest BCUT2D eigenvalue weighted by Crippen LogP contribution is -2.24. The predicted molar refractivity (Wildman–Crippen MR) is 103 cm³/mol. The molecule has 2 heterocycles. The van der Waals surface area contributed by atoms with Gasteiger partial charge in [-0.05, 0) is 36.9 Å². The molecule has 9 heteroatoms. The normalized spacial score (nSPS) is 11.0. The van der Waals surface area contributed by atoms with Crippen molar-refractivity contribution in [1.29, 1.82) is 0 Å². The van der Waals surface area contributed by atoms with Gasteiger partial charge in [0.25, 0.3) is 5.91 Å². The molecule has 7 nitrogen and oxygen atoms in total. The smallest absolute Gasteiger partial charge is 0.273 e. The summed E-state index contributed by atoms with van der Waals surface area (Å²) in [5.41, 5.74) is 1.65. The summed E-state index contributed by atoms with van der Waals surface area (Å²) < 4.78 is 15.5. The van der Waals surface area contributed by atoms with Crippen LogP contribution >= 0.6 is 11.6 Å². The van der Waals surface area contributed by atoms with Crippen LogP contribution in [0.1, 0.15) is 21.6 Å². The van der Waals surface area contributed by atoms with Gasteiger partial charge in [0.15, 0.2) is 5.69 Å². The SMILES string of the molecule is CN(CCn1cc(C(=O)NCc2ccncc2)nn1)Cc1c(F)cccc1Cl. The molecule has 3 aromatic rings. The van der Waals surface area contributed by atoms with Crippen LogP contribution in [-0.2, 0) is 19.6 Å². The van der Waals surface area contributed by atoms with E-state index in [1.54, 1.807) is 35.4 Å². The van der Waals surface area contributed by atoms with Crippen molar-refractivity contribution in [2.75, 3.05) is 13.6 Å². The molecule has 0 radical (unpaired) electrons. The maximum Gasteiger partial charge on any atom is 0.273 e. The van der Waals surface area contributed by atoms with Crippen LogP contribution in [0.4, 0.5) is 4.39 Å². The van der Waals surface area contributed by atoms with Gasteiger partial charge in [-0.15, -0.1) is 5.10 Å². The zero-order valence-electron chi connectivity index (χ0n) is 15.3. The summed E-state index contributed by atoms with van der Waals surface area (Å²) in [7, 11) is 1.86. The minimum absolute atomic E-state index is 0.244. The maximum absolute atomic E-state index is 13.9. The summed E-state index contributed by atoms with van der Waals surface area (Å²) in [5, 5.41) is 11.1. The Kier molecular flexibility index (Phi) is 6.67. The summed E-state index contributed by atoms with van der Waals surface area (Å²) in [4.78, 5) is 18.0. The summed E-state index contributed by atoms with van der Waals surface area (Å²) >= 11 is 6.06. The van der Waals surface area contributed by atoms with Crippen molar-refractivity contribution in [2.24, 2.45) is 0 Å². The van der Waals surface area contributed by atoms with Crippen molar-refractivity contribution >= 4 is 17.5 Å². The molecule has 1 N–H and O–H groups in total. The van der Waals surface area contributed by atoms with Crippen molar-refractivity contribution in [1.82, 2.24) is 30.2 Å². The van der Waals surface area contributed by atoms with Crippen LogP contribution in [0.25, 0.3) is 0 Å². The lowest BCUT2D eigenvalue weighted by Gasteiger charge is -2.17. The average molecular weight is 403 g/mol. The predicted octanol–water partition coefficient (Wildman–Crippen LogP) is 2.53. The summed E-state index contributed by atoms with van der Waals surface area (Å²) in [5.74, 6) is -0.622. The first kappa shape index (κ1) is 19.9. The summed E-state index contributed by atoms with van der Waals surface area (Å²) in [6.07, 6.45) is 4.93. The average Bonchev–Trinajstić information content (AvgIpc) is 3.17. The fraction of sp³-hybridized carbons (Fsp3) is 0.263. The molecule has 1 aromatic carbocycles. The van der Waals surface area contributed by atoms with E-state index in [0.717, 1.165) is 5.56 Å². The van der Waals surface area contributed by atoms with Crippen molar-refractivity contribution in [3.8, 4) is 0 Å². The second-order valence-corrected chi connectivity index (χ2v) is 6.75. The Morgan fingerprint density at radius 1 is 1.29 bits per heavy atom. The zero-order valence-corrected chi connectivity index (χ0v) is 16.1. The van der Waals surface area contributed by atoms with E-state index in [2.05, 4.69) is 20.6 Å². The van der Waals surface area contributed by atoms with Gasteiger partial charge in [-0.25, -0.2) is 4.39 Å². The number of likely N-dealkylation sites (N-methyl/N-ethyl adjacent to an activating group) is 1. The molecule has 0 spiro atoms. The van der Waals surface area contributed by atoms with Crippen LogP contribution < -0.4 is 5.32 Å². The summed E-state index contributed by atoms with van der Waals surface area (Å²) in [6, 6.07) is 8.30. The molecule has 3 rings (SSSR count). The van der Waals surface area contributed by atoms with Crippen molar-refractivity contribution < 1.29 is 9.18 Å². The fourth-order valence-electron chi connectivity index (χ4n) is 2.59. The maximum atomic E-state index is 13.9. The Balaban J connectivity index is 1.49. The topological polar surface area (TPSA) is 75.9 Å². The molecule has 146 valence electrons. The number of halogens is 2. The van der Waals surface area contributed by atoms with Crippen LogP contribution in [0, 0.1) is 5.82 Å². The Hall–Kier alpha value is -2.84. The highest BCUT2D eigenvalue weighted by Crippen LogP contribution is 2.20. The quantitative estimate of drug-likeness (QED) is 0.626. The van der Waals surface area contributed by atoms with E-state index in [1.807, 2.05) is 24.1 Å². The molecule has 0 bridgehead atoms. The molecule has 0 aliphatic heterocycles. The Morgan fingerprint density at radius 3 is 2.82 bits per heavy atom. The second kappa shape index (κ2) is 9.38. The molecule has 0 aliphatic carbocycles. The van der Waals surface area contributed by atoms with Gasteiger partial charge in [0.2, 0.25) is 0 Å². The summed E-state index contributed by atoms with van der Waals surface area (Å²) in [6.45, 7) is 1.86. The fourth-order valence-corrected chi connectivity index (χ4v) is 2.81. The molecule has 2 aromatic heterocycles. The van der Waals surface area contributed by atoms with Gasteiger partial charge >= 0.3 is 0 Å². The molecule has 0 saturated heterocycles. The first-order chi connectivity index (χ1) is 13.5. The molecule has 0 fully saturated rings. The largest absolute Gasteiger partial charge is 0.347 e. The van der Waals surface area contributed by atoms with Crippen molar-refractivity contribution in [3.63, 3.8) is 0 Å². The number of carbonyl (C=O) groups excluding carboxylic acids is 1. The van der Waals surface area contributed by atoms with E-state index in [4.69, 9.17) is 11.6 Å². The third-order valence-electron chi connectivity index (χ3n) is 4.17. The van der Waals surface area contributed by atoms with Gasteiger partial charge in [-0.3, -0.25) is 14.5 Å². The van der Waals surface area contributed by atoms with Gasteiger partial charge in [0.1, 0.15) is 5.82 Å². The number of aromatic nitrogens is 4. The molecule has 0 unspecified atom stereocenters. The van der Waals surface area contributed by atoms with Crippen LogP contribution in [0.5, 0.6) is 0 Å². The lowest BCUT2D eigenvalue weighted by molar-refractivity contribution is 0.0946. The highest BCUT2D eigenvalue weighted by molar-refractivity contribution is 6.31. The van der Waals surface area contributed by atoms with Gasteiger partial charge in [-0.1, -0.05) is 22.9 Å². The van der Waals surface area contributed by atoms with E-state index in [1.165, 1.54) is 6.07 Å². The minimum Gasteiger partial charge on any atom is -0.347 e. The van der Waals surface area contributed by atoms with E-state index < -0.39 is 0 Å². The van der Waals surface area contributed by atoms with Crippen LogP contribution in [0.2, 0.25) is 5.02 Å². The lowest BCUT2D eigenvalue weighted by atomic mass is 10.2. The van der Waals surface area contributed by atoms with Crippen molar-refractivity contribution in [2.45, 2.75) is 19.6 Å². The molecule has 28 heavy (non-hydrogen) atoms. The number of amides is 1. The minimum atomic E-state index is -0.326. The van der Waals surface area contributed by atoms with Gasteiger partial charge < -0.3 is 10.2 Å². The molecular weight excluding hydrogens is 383 g/mol. The Labute approximate surface area is 167 Å². The number of nitrogens with zero attached hydrogens (tertiary/aromatic N) is 5. The first-order valence-electron chi connectivity index (χ1n) is 8.71. The van der Waals surface area contributed by atoms with Crippen LogP contribution in [0.15, 0.2) is 48.9 Å². The monoisotopic (exact) mass is 402 g/mol. The number of nitrogens with one attached hydrogen (secondary N) is 1. The standard InChI is InChI=1S/C19H20ClFN6O/c1-26(12-15-16(20)3-2-4-17(15)21)9-10-27-13-18(24-25-27)19(28)23-11-14-5-7-22-8-6-14/h2-8,13H,9-12H2,1H3,(H,23,28). The number of benzene rings is 1. The highest BCUT2D eigenvalue weighted by atomic mass is 35.5. The van der Waals surface area contributed by atoms with E-state index in [9.17, 15) is 9.18 Å². The van der Waals surface area contributed by atoms with E-state index in [0.29, 0.717) is 36.8 Å². The number of rotatable bonds is 8. The number of hydrogen-bond donors (Lipinski definition) is 1. The van der Waals surface area contributed by atoms with Gasteiger partial charge in [-0.2, -0.15) is 0 Å². The Bertz CT molecular complexity index is 913. The molecule has 0 aliphatic rings. The zero-order chi connectivity index (χ0) is 19.9. The molecule has 0 atom stereocenters. The van der Waals surface area contributed by atoms with Crippen LogP contribution in [0.3, 0.4) is 0 Å². The first-order valence-corrected chi connectivity index (χ1v) is 9.09. The third kappa shape index (κ3) is 5.34.